The Labute approximate surface area is 101 Å². The summed E-state index contributed by atoms with van der Waals surface area (Å²) < 4.78 is 38.2. The molecule has 0 atom stereocenters. The molecule has 98 valence electrons. The summed E-state index contributed by atoms with van der Waals surface area (Å²) >= 11 is 0. The lowest BCUT2D eigenvalue weighted by Gasteiger charge is -2.24. The highest BCUT2D eigenvalue weighted by Crippen LogP contribution is 2.24. The minimum Gasteiger partial charge on any atom is -0.370 e. The fourth-order valence-electron chi connectivity index (χ4n) is 1.23. The van der Waals surface area contributed by atoms with Crippen LogP contribution >= 0.6 is 0 Å². The minimum atomic E-state index is -4.73. The quantitative estimate of drug-likeness (QED) is 0.423. The summed E-state index contributed by atoms with van der Waals surface area (Å²) in [6.07, 6.45) is -4.73. The van der Waals surface area contributed by atoms with Crippen molar-refractivity contribution in [1.29, 1.82) is 5.41 Å². The van der Waals surface area contributed by atoms with E-state index in [1.807, 2.05) is 0 Å². The number of aliphatic imine (C=N–C) groups is 1. The average Bonchev–Trinajstić information content (AvgIpc) is 2.24. The van der Waals surface area contributed by atoms with E-state index in [-0.39, 0.29) is 4.90 Å². The molecule has 1 aromatic carbocycles. The number of hydrogen-bond donors (Lipinski definition) is 3. The van der Waals surface area contributed by atoms with E-state index in [9.17, 15) is 13.2 Å². The van der Waals surface area contributed by atoms with Crippen molar-refractivity contribution in [3.63, 3.8) is 0 Å². The van der Waals surface area contributed by atoms with E-state index in [0.29, 0.717) is 5.56 Å². The summed E-state index contributed by atoms with van der Waals surface area (Å²) in [5, 5.41) is 7.24. The fraction of sp³-hybridized carbons (Fsp3) is 0.200. The molecule has 0 saturated carbocycles. The van der Waals surface area contributed by atoms with E-state index >= 15 is 0 Å². The van der Waals surface area contributed by atoms with Crippen molar-refractivity contribution in [2.45, 2.75) is 12.8 Å². The monoisotopic (exact) mass is 259 g/mol. The zero-order valence-corrected chi connectivity index (χ0v) is 9.28. The van der Waals surface area contributed by atoms with Crippen LogP contribution in [0.3, 0.4) is 0 Å². The van der Waals surface area contributed by atoms with Crippen molar-refractivity contribution in [1.82, 2.24) is 4.90 Å². The van der Waals surface area contributed by atoms with Crippen LogP contribution in [-0.4, -0.2) is 23.1 Å². The maximum atomic E-state index is 12.7. The maximum Gasteiger partial charge on any atom is 0.487 e. The molecule has 0 heterocycles. The first-order valence-corrected chi connectivity index (χ1v) is 4.87. The molecule has 0 aliphatic heterocycles. The van der Waals surface area contributed by atoms with Crippen molar-refractivity contribution >= 4 is 11.9 Å². The number of nitrogens with one attached hydrogen (secondary N) is 1. The standard InChI is InChI=1S/C10H12F3N5/c11-10(12,13)18(9(16)17-8(14)15)6-7-4-2-1-3-5-7/h1-5H,6H2,(H5,14,15,16,17). The molecule has 0 aliphatic carbocycles. The summed E-state index contributed by atoms with van der Waals surface area (Å²) in [5.41, 5.74) is 10.3. The smallest absolute Gasteiger partial charge is 0.370 e. The van der Waals surface area contributed by atoms with Gasteiger partial charge in [-0.2, -0.15) is 4.99 Å². The molecule has 18 heavy (non-hydrogen) atoms. The van der Waals surface area contributed by atoms with E-state index in [0.717, 1.165) is 0 Å². The van der Waals surface area contributed by atoms with Gasteiger partial charge in [-0.3, -0.25) is 5.41 Å². The molecule has 0 radical (unpaired) electrons. The van der Waals surface area contributed by atoms with E-state index < -0.39 is 24.8 Å². The van der Waals surface area contributed by atoms with Gasteiger partial charge in [0.25, 0.3) is 0 Å². The molecule has 0 spiro atoms. The van der Waals surface area contributed by atoms with Crippen molar-refractivity contribution in [2.24, 2.45) is 16.5 Å². The van der Waals surface area contributed by atoms with Gasteiger partial charge in [0, 0.05) is 0 Å². The van der Waals surface area contributed by atoms with Gasteiger partial charge in [0.1, 0.15) is 0 Å². The van der Waals surface area contributed by atoms with Crippen LogP contribution in [0.4, 0.5) is 13.2 Å². The molecular formula is C10H12F3N5. The Morgan fingerprint density at radius 1 is 1.22 bits per heavy atom. The van der Waals surface area contributed by atoms with Crippen molar-refractivity contribution in [2.75, 3.05) is 0 Å². The van der Waals surface area contributed by atoms with Crippen LogP contribution in [0.5, 0.6) is 0 Å². The lowest BCUT2D eigenvalue weighted by atomic mass is 10.2. The summed E-state index contributed by atoms with van der Waals surface area (Å²) in [5.74, 6) is -1.64. The molecule has 8 heteroatoms. The van der Waals surface area contributed by atoms with Gasteiger partial charge in [0.05, 0.1) is 6.54 Å². The number of guanidine groups is 2. The van der Waals surface area contributed by atoms with Gasteiger partial charge in [-0.15, -0.1) is 13.2 Å². The Bertz CT molecular complexity index is 437. The third kappa shape index (κ3) is 3.96. The van der Waals surface area contributed by atoms with Crippen LogP contribution in [0, 0.1) is 5.41 Å². The molecule has 0 aromatic heterocycles. The summed E-state index contributed by atoms with van der Waals surface area (Å²) in [7, 11) is 0. The first kappa shape index (κ1) is 13.8. The lowest BCUT2D eigenvalue weighted by molar-refractivity contribution is -0.221. The Kier molecular flexibility index (Phi) is 4.13. The molecule has 0 bridgehead atoms. The highest BCUT2D eigenvalue weighted by Gasteiger charge is 2.39. The van der Waals surface area contributed by atoms with Gasteiger partial charge < -0.3 is 11.5 Å². The SMILES string of the molecule is N=C(N=C(N)N)N(Cc1ccccc1)C(F)(F)F. The summed E-state index contributed by atoms with van der Waals surface area (Å²) in [6, 6.07) is 7.92. The highest BCUT2D eigenvalue weighted by atomic mass is 19.4. The molecule has 1 rings (SSSR count). The zero-order chi connectivity index (χ0) is 13.8. The number of rotatable bonds is 2. The van der Waals surface area contributed by atoms with Gasteiger partial charge >= 0.3 is 6.30 Å². The van der Waals surface area contributed by atoms with Gasteiger partial charge in [0.2, 0.25) is 5.96 Å². The van der Waals surface area contributed by atoms with Crippen LogP contribution in [0.25, 0.3) is 0 Å². The molecule has 0 unspecified atom stereocenters. The van der Waals surface area contributed by atoms with E-state index in [1.165, 1.54) is 12.1 Å². The molecular weight excluding hydrogens is 247 g/mol. The van der Waals surface area contributed by atoms with Crippen molar-refractivity contribution in [3.05, 3.63) is 35.9 Å². The van der Waals surface area contributed by atoms with E-state index in [2.05, 4.69) is 4.99 Å². The Morgan fingerprint density at radius 2 is 1.78 bits per heavy atom. The van der Waals surface area contributed by atoms with Crippen LogP contribution in [-0.2, 0) is 6.54 Å². The minimum absolute atomic E-state index is 0.151. The summed E-state index contributed by atoms with van der Waals surface area (Å²) in [4.78, 5) is 2.95. The van der Waals surface area contributed by atoms with Crippen molar-refractivity contribution in [3.8, 4) is 0 Å². The van der Waals surface area contributed by atoms with Gasteiger partial charge in [-0.1, -0.05) is 30.3 Å². The third-order valence-electron chi connectivity index (χ3n) is 1.98. The topological polar surface area (TPSA) is 91.5 Å². The van der Waals surface area contributed by atoms with Crippen LogP contribution in [0.1, 0.15) is 5.56 Å². The largest absolute Gasteiger partial charge is 0.487 e. The number of halogens is 3. The zero-order valence-electron chi connectivity index (χ0n) is 9.28. The predicted molar refractivity (Wildman–Crippen MR) is 61.6 cm³/mol. The second-order valence-corrected chi connectivity index (χ2v) is 3.40. The second kappa shape index (κ2) is 5.39. The second-order valence-electron chi connectivity index (χ2n) is 3.40. The molecule has 0 saturated heterocycles. The lowest BCUT2D eigenvalue weighted by Crippen LogP contribution is -2.42. The Morgan fingerprint density at radius 3 is 2.22 bits per heavy atom. The Balaban J connectivity index is 2.94. The first-order valence-electron chi connectivity index (χ1n) is 4.87. The molecule has 0 fully saturated rings. The molecule has 5 N–H and O–H groups in total. The first-order chi connectivity index (χ1) is 8.30. The van der Waals surface area contributed by atoms with Crippen molar-refractivity contribution < 1.29 is 13.2 Å². The number of alkyl halides is 3. The maximum absolute atomic E-state index is 12.7. The van der Waals surface area contributed by atoms with Crippen LogP contribution in [0.15, 0.2) is 35.3 Å². The number of hydrogen-bond acceptors (Lipinski definition) is 1. The number of benzene rings is 1. The van der Waals surface area contributed by atoms with E-state index in [1.54, 1.807) is 18.2 Å². The van der Waals surface area contributed by atoms with Crippen LogP contribution < -0.4 is 11.5 Å². The number of nitrogens with two attached hydrogens (primary N) is 2. The molecule has 1 aromatic rings. The third-order valence-corrected chi connectivity index (χ3v) is 1.98. The van der Waals surface area contributed by atoms with Crippen LogP contribution in [0.2, 0.25) is 0 Å². The Hall–Kier alpha value is -2.25. The predicted octanol–water partition coefficient (Wildman–Crippen LogP) is 1.22. The molecule has 0 amide bonds. The average molecular weight is 259 g/mol. The molecule has 5 nitrogen and oxygen atoms in total. The highest BCUT2D eigenvalue weighted by molar-refractivity contribution is 5.91. The normalized spacial score (nSPS) is 10.8. The number of nitrogens with zero attached hydrogens (tertiary/aromatic N) is 2. The van der Waals surface area contributed by atoms with E-state index in [4.69, 9.17) is 16.9 Å². The van der Waals surface area contributed by atoms with Gasteiger partial charge in [0.15, 0.2) is 5.96 Å². The van der Waals surface area contributed by atoms with Gasteiger partial charge in [-0.25, -0.2) is 4.90 Å². The fourth-order valence-corrected chi connectivity index (χ4v) is 1.23. The molecule has 0 aliphatic rings. The summed E-state index contributed by atoms with van der Waals surface area (Å²) in [6.45, 7) is -0.528. The van der Waals surface area contributed by atoms with Gasteiger partial charge in [-0.05, 0) is 5.56 Å².